The van der Waals surface area contributed by atoms with Crippen LogP contribution in [0, 0.1) is 20.8 Å². The highest BCUT2D eigenvalue weighted by atomic mass is 16.5. The minimum Gasteiger partial charge on any atom is -0.507 e. The molecule has 0 aliphatic rings. The van der Waals surface area contributed by atoms with Crippen molar-refractivity contribution in [2.45, 2.75) is 112 Å². The summed E-state index contributed by atoms with van der Waals surface area (Å²) in [5, 5.41) is 22.2. The molecule has 0 fully saturated rings. The summed E-state index contributed by atoms with van der Waals surface area (Å²) in [4.78, 5) is 14.4. The van der Waals surface area contributed by atoms with E-state index >= 15 is 0 Å². The molecule has 3 aromatic carbocycles. The number of nitrogens with zero attached hydrogens (tertiary/aromatic N) is 3. The maximum atomic E-state index is 11.1. The van der Waals surface area contributed by atoms with E-state index in [9.17, 15) is 10.2 Å². The lowest BCUT2D eigenvalue weighted by molar-refractivity contribution is 0.302. The molecule has 0 bridgehead atoms. The van der Waals surface area contributed by atoms with Crippen LogP contribution in [0.2, 0.25) is 0 Å². The van der Waals surface area contributed by atoms with Gasteiger partial charge in [0.2, 0.25) is 0 Å². The number of benzene rings is 3. The van der Waals surface area contributed by atoms with Crippen LogP contribution in [0.15, 0.2) is 48.5 Å². The first kappa shape index (κ1) is 35.7. The van der Waals surface area contributed by atoms with E-state index in [1.165, 1.54) is 51.4 Å². The Morgan fingerprint density at radius 3 is 1.34 bits per heavy atom. The fraction of sp³-hybridized carbons (Fsp3) is 0.475. The number of rotatable bonds is 19. The Bertz CT molecular complexity index is 1480. The summed E-state index contributed by atoms with van der Waals surface area (Å²) in [5.74, 6) is 2.36. The van der Waals surface area contributed by atoms with Gasteiger partial charge < -0.3 is 19.7 Å². The van der Waals surface area contributed by atoms with Crippen LogP contribution in [0.1, 0.15) is 108 Å². The Kier molecular flexibility index (Phi) is 13.9. The summed E-state index contributed by atoms with van der Waals surface area (Å²) in [7, 11) is 0. The van der Waals surface area contributed by atoms with Crippen molar-refractivity contribution >= 4 is 0 Å². The second-order valence-electron chi connectivity index (χ2n) is 12.7. The van der Waals surface area contributed by atoms with Crippen molar-refractivity contribution in [1.29, 1.82) is 0 Å². The van der Waals surface area contributed by atoms with Gasteiger partial charge in [-0.2, -0.15) is 0 Å². The SMILES string of the molecule is CCCCCCCCOc1ccc(-c2nc(-c3ccc(OCCCCCCCC)cc3O)nc(-c3c(C)cc(C)cc3C)n2)c(O)c1. The molecule has 0 saturated carbocycles. The summed E-state index contributed by atoms with van der Waals surface area (Å²) in [6, 6.07) is 14.7. The third kappa shape index (κ3) is 10.4. The van der Waals surface area contributed by atoms with Crippen LogP contribution < -0.4 is 9.47 Å². The molecule has 4 aromatic rings. The van der Waals surface area contributed by atoms with E-state index in [-0.39, 0.29) is 11.5 Å². The Balaban J connectivity index is 1.59. The van der Waals surface area contributed by atoms with Crippen LogP contribution in [0.5, 0.6) is 23.0 Å². The molecule has 0 atom stereocenters. The molecule has 252 valence electrons. The molecular weight excluding hydrogens is 586 g/mol. The highest BCUT2D eigenvalue weighted by Gasteiger charge is 2.19. The summed E-state index contributed by atoms with van der Waals surface area (Å²) >= 11 is 0. The molecule has 1 heterocycles. The standard InChI is InChI=1S/C40H53N3O4/c1-6-8-10-12-14-16-22-46-31-18-20-33(35(44)26-31)38-41-39(43-40(42-38)37-29(4)24-28(3)25-30(37)5)34-21-19-32(27-36(34)45)47-23-17-15-13-11-9-7-2/h18-21,24-27,44-45H,6-17,22-23H2,1-5H3. The van der Waals surface area contributed by atoms with E-state index in [0.29, 0.717) is 53.3 Å². The van der Waals surface area contributed by atoms with E-state index in [0.717, 1.165) is 47.9 Å². The lowest BCUT2D eigenvalue weighted by Crippen LogP contribution is -2.03. The number of aromatic hydroxyl groups is 2. The largest absolute Gasteiger partial charge is 0.507 e. The van der Waals surface area contributed by atoms with Crippen molar-refractivity contribution in [1.82, 2.24) is 15.0 Å². The predicted molar refractivity (Wildman–Crippen MR) is 191 cm³/mol. The van der Waals surface area contributed by atoms with Crippen LogP contribution in [-0.2, 0) is 0 Å². The first-order valence-corrected chi connectivity index (χ1v) is 17.6. The highest BCUT2D eigenvalue weighted by Crippen LogP contribution is 2.37. The molecule has 0 saturated heterocycles. The number of ether oxygens (including phenoxy) is 2. The molecule has 7 heteroatoms. The summed E-state index contributed by atoms with van der Waals surface area (Å²) < 4.78 is 11.9. The predicted octanol–water partition coefficient (Wildman–Crippen LogP) is 10.7. The van der Waals surface area contributed by atoms with Gasteiger partial charge in [-0.1, -0.05) is 95.8 Å². The number of hydrogen-bond acceptors (Lipinski definition) is 7. The number of aryl methyl sites for hydroxylation is 3. The molecule has 7 nitrogen and oxygen atoms in total. The van der Waals surface area contributed by atoms with Crippen molar-refractivity contribution in [2.75, 3.05) is 13.2 Å². The number of aromatic nitrogens is 3. The van der Waals surface area contributed by atoms with Gasteiger partial charge in [-0.25, -0.2) is 15.0 Å². The summed E-state index contributed by atoms with van der Waals surface area (Å²) in [6.07, 6.45) is 14.2. The second kappa shape index (κ2) is 18.3. The maximum Gasteiger partial charge on any atom is 0.167 e. The molecule has 0 aliphatic heterocycles. The zero-order valence-corrected chi connectivity index (χ0v) is 29.1. The fourth-order valence-electron chi connectivity index (χ4n) is 5.99. The Morgan fingerprint density at radius 1 is 0.511 bits per heavy atom. The molecule has 2 N–H and O–H groups in total. The highest BCUT2D eigenvalue weighted by molar-refractivity contribution is 5.74. The second-order valence-corrected chi connectivity index (χ2v) is 12.7. The van der Waals surface area contributed by atoms with Crippen molar-refractivity contribution < 1.29 is 19.7 Å². The molecule has 0 unspecified atom stereocenters. The smallest absolute Gasteiger partial charge is 0.167 e. The lowest BCUT2D eigenvalue weighted by Gasteiger charge is -2.14. The molecule has 0 spiro atoms. The van der Waals surface area contributed by atoms with Gasteiger partial charge >= 0.3 is 0 Å². The average Bonchev–Trinajstić information content (AvgIpc) is 3.03. The van der Waals surface area contributed by atoms with Crippen LogP contribution in [0.3, 0.4) is 0 Å². The van der Waals surface area contributed by atoms with Crippen molar-refractivity contribution in [3.63, 3.8) is 0 Å². The van der Waals surface area contributed by atoms with Gasteiger partial charge in [-0.3, -0.25) is 0 Å². The molecule has 0 aliphatic carbocycles. The molecule has 47 heavy (non-hydrogen) atoms. The van der Waals surface area contributed by atoms with Gasteiger partial charge in [0.1, 0.15) is 23.0 Å². The Labute approximate surface area is 281 Å². The van der Waals surface area contributed by atoms with Crippen molar-refractivity contribution in [3.8, 4) is 57.2 Å². The first-order chi connectivity index (χ1) is 22.8. The minimum atomic E-state index is 0.0218. The quantitative estimate of drug-likeness (QED) is 0.0985. The van der Waals surface area contributed by atoms with Crippen molar-refractivity contribution in [2.24, 2.45) is 0 Å². The number of phenolic OH excluding ortho intramolecular Hbond substituents is 2. The third-order valence-electron chi connectivity index (χ3n) is 8.49. The molecule has 1 aromatic heterocycles. The van der Waals surface area contributed by atoms with Crippen LogP contribution >= 0.6 is 0 Å². The topological polar surface area (TPSA) is 97.6 Å². The normalized spacial score (nSPS) is 11.2. The zero-order valence-electron chi connectivity index (χ0n) is 29.1. The van der Waals surface area contributed by atoms with E-state index in [1.54, 1.807) is 24.3 Å². The van der Waals surface area contributed by atoms with Crippen molar-refractivity contribution in [3.05, 3.63) is 65.2 Å². The molecule has 0 radical (unpaired) electrons. The fourth-order valence-corrected chi connectivity index (χ4v) is 5.99. The maximum absolute atomic E-state index is 11.1. The molecular formula is C40H53N3O4. The van der Waals surface area contributed by atoms with Gasteiger partial charge in [0.15, 0.2) is 17.5 Å². The van der Waals surface area contributed by atoms with Crippen LogP contribution in [-0.4, -0.2) is 38.4 Å². The van der Waals surface area contributed by atoms with Gasteiger partial charge in [0.25, 0.3) is 0 Å². The molecule has 0 amide bonds. The molecule has 4 rings (SSSR count). The third-order valence-corrected chi connectivity index (χ3v) is 8.49. The average molecular weight is 640 g/mol. The van der Waals surface area contributed by atoms with E-state index in [4.69, 9.17) is 24.4 Å². The lowest BCUT2D eigenvalue weighted by atomic mass is 9.99. The zero-order chi connectivity index (χ0) is 33.6. The van der Waals surface area contributed by atoms with Crippen LogP contribution in [0.4, 0.5) is 0 Å². The van der Waals surface area contributed by atoms with Crippen LogP contribution in [0.25, 0.3) is 34.2 Å². The van der Waals surface area contributed by atoms with E-state index in [2.05, 4.69) is 32.9 Å². The first-order valence-electron chi connectivity index (χ1n) is 17.6. The van der Waals surface area contributed by atoms with Gasteiger partial charge in [0.05, 0.1) is 24.3 Å². The monoisotopic (exact) mass is 639 g/mol. The minimum absolute atomic E-state index is 0.0218. The summed E-state index contributed by atoms with van der Waals surface area (Å²) in [5.41, 5.74) is 5.05. The summed E-state index contributed by atoms with van der Waals surface area (Å²) in [6.45, 7) is 11.8. The van der Waals surface area contributed by atoms with E-state index in [1.807, 2.05) is 26.0 Å². The van der Waals surface area contributed by atoms with E-state index < -0.39 is 0 Å². The Morgan fingerprint density at radius 2 is 0.915 bits per heavy atom. The van der Waals surface area contributed by atoms with Gasteiger partial charge in [0, 0.05) is 17.7 Å². The number of unbranched alkanes of at least 4 members (excludes halogenated alkanes) is 10. The van der Waals surface area contributed by atoms with Gasteiger partial charge in [-0.05, 0) is 69.0 Å². The number of phenols is 2. The van der Waals surface area contributed by atoms with Gasteiger partial charge in [-0.15, -0.1) is 0 Å². The Hall–Kier alpha value is -4.13. The number of hydrogen-bond donors (Lipinski definition) is 2.